The first-order chi connectivity index (χ1) is 16.8. The normalized spacial score (nSPS) is 28.8. The summed E-state index contributed by atoms with van der Waals surface area (Å²) in [4.78, 5) is 42.5. The number of rotatable bonds is 7. The summed E-state index contributed by atoms with van der Waals surface area (Å²) in [6.45, 7) is 3.62. The maximum absolute atomic E-state index is 13.8. The third-order valence-corrected chi connectivity index (χ3v) is 8.62. The van der Waals surface area contributed by atoms with Crippen LogP contribution in [0.1, 0.15) is 25.8 Å². The Bertz CT molecular complexity index is 1120. The largest absolute Gasteiger partial charge is 0.477 e. The fraction of sp³-hybridized carbons (Fsp3) is 0.542. The first-order valence-corrected chi connectivity index (χ1v) is 12.4. The molecule has 6 atom stereocenters. The van der Waals surface area contributed by atoms with Gasteiger partial charge < -0.3 is 20.0 Å². The lowest BCUT2D eigenvalue weighted by molar-refractivity contribution is -0.163. The minimum Gasteiger partial charge on any atom is -0.477 e. The Hall–Kier alpha value is -2.57. The number of benzene rings is 1. The van der Waals surface area contributed by atoms with Crippen molar-refractivity contribution >= 4 is 29.5 Å². The third kappa shape index (κ3) is 4.39. The van der Waals surface area contributed by atoms with Gasteiger partial charge in [0.25, 0.3) is 0 Å². The van der Waals surface area contributed by atoms with Crippen LogP contribution in [0.15, 0.2) is 22.7 Å². The second-order valence-electron chi connectivity index (χ2n) is 9.80. The standard InChI is InChI=1S/C24H28F3N3O5S/c1-10-19-17(11(2)31)23(33)30(19)20(24(34)35)21(10)36-13-7-16(22(32)28(3)4)29(9-13)8-12-5-14(25)18(27)15(26)6-12/h5-6,10-11,13,16-17,19,31H,7-9H2,1-4H3,(H,34,35)/t10-,11-,13+,16+,17-,19-/m1/s1. The molecule has 2 amide bonds. The number of carbonyl (C=O) groups excluding carboxylic acids is 2. The fourth-order valence-corrected chi connectivity index (χ4v) is 7.02. The molecule has 4 rings (SSSR count). The van der Waals surface area contributed by atoms with Crippen LogP contribution < -0.4 is 0 Å². The first-order valence-electron chi connectivity index (χ1n) is 11.6. The summed E-state index contributed by atoms with van der Waals surface area (Å²) in [5.41, 5.74) is 0.0684. The van der Waals surface area contributed by atoms with Gasteiger partial charge >= 0.3 is 5.97 Å². The Morgan fingerprint density at radius 3 is 2.36 bits per heavy atom. The van der Waals surface area contributed by atoms with Crippen LogP contribution in [0.2, 0.25) is 0 Å². The highest BCUT2D eigenvalue weighted by Crippen LogP contribution is 2.52. The molecule has 2 fully saturated rings. The molecule has 3 aliphatic rings. The zero-order valence-electron chi connectivity index (χ0n) is 20.2. The lowest BCUT2D eigenvalue weighted by atomic mass is 9.79. The molecule has 0 saturated carbocycles. The van der Waals surface area contributed by atoms with Crippen molar-refractivity contribution in [1.29, 1.82) is 0 Å². The van der Waals surface area contributed by atoms with Gasteiger partial charge in [0.2, 0.25) is 11.8 Å². The predicted molar refractivity (Wildman–Crippen MR) is 125 cm³/mol. The number of carbonyl (C=O) groups is 3. The zero-order chi connectivity index (χ0) is 26.6. The van der Waals surface area contributed by atoms with E-state index < -0.39 is 53.4 Å². The molecule has 2 N–H and O–H groups in total. The van der Waals surface area contributed by atoms with E-state index in [1.54, 1.807) is 19.0 Å². The molecule has 0 unspecified atom stereocenters. The van der Waals surface area contributed by atoms with Crippen molar-refractivity contribution in [1.82, 2.24) is 14.7 Å². The topological polar surface area (TPSA) is 101 Å². The molecule has 3 heterocycles. The lowest BCUT2D eigenvalue weighted by Gasteiger charge is -2.46. The van der Waals surface area contributed by atoms with Crippen LogP contribution in [-0.2, 0) is 20.9 Å². The summed E-state index contributed by atoms with van der Waals surface area (Å²) in [5.74, 6) is -7.09. The number of aliphatic hydroxyl groups is 1. The number of nitrogens with zero attached hydrogens (tertiary/aromatic N) is 3. The third-order valence-electron chi connectivity index (χ3n) is 7.12. The summed E-state index contributed by atoms with van der Waals surface area (Å²) in [5, 5.41) is 19.7. The maximum Gasteiger partial charge on any atom is 0.353 e. The van der Waals surface area contributed by atoms with Crippen molar-refractivity contribution < 1.29 is 37.8 Å². The monoisotopic (exact) mass is 527 g/mol. The average Bonchev–Trinajstić information content (AvgIpc) is 3.28. The molecular weight excluding hydrogens is 499 g/mol. The number of halogens is 3. The summed E-state index contributed by atoms with van der Waals surface area (Å²) < 4.78 is 41.0. The number of carboxylic acid groups (broad SMARTS) is 1. The number of thioether (sulfide) groups is 1. The van der Waals surface area contributed by atoms with Gasteiger partial charge in [-0.15, -0.1) is 11.8 Å². The van der Waals surface area contributed by atoms with E-state index in [-0.39, 0.29) is 34.9 Å². The summed E-state index contributed by atoms with van der Waals surface area (Å²) in [6, 6.07) is 0.705. The van der Waals surface area contributed by atoms with Gasteiger partial charge in [-0.05, 0) is 31.0 Å². The Morgan fingerprint density at radius 2 is 1.83 bits per heavy atom. The molecule has 0 aliphatic carbocycles. The van der Waals surface area contributed by atoms with Crippen LogP contribution in [0.4, 0.5) is 13.2 Å². The number of hydrogen-bond donors (Lipinski definition) is 2. The molecule has 1 aromatic carbocycles. The van der Waals surface area contributed by atoms with Crippen LogP contribution in [0.25, 0.3) is 0 Å². The number of hydrogen-bond acceptors (Lipinski definition) is 6. The van der Waals surface area contributed by atoms with Gasteiger partial charge in [0, 0.05) is 43.3 Å². The molecule has 0 bridgehead atoms. The molecule has 2 saturated heterocycles. The van der Waals surface area contributed by atoms with E-state index in [4.69, 9.17) is 0 Å². The van der Waals surface area contributed by atoms with Crippen molar-refractivity contribution in [3.05, 3.63) is 45.8 Å². The van der Waals surface area contributed by atoms with E-state index in [0.717, 1.165) is 12.1 Å². The number of β-lactam (4-membered cyclic amide) rings is 1. The van der Waals surface area contributed by atoms with Crippen LogP contribution in [0.3, 0.4) is 0 Å². The van der Waals surface area contributed by atoms with E-state index in [0.29, 0.717) is 17.9 Å². The smallest absolute Gasteiger partial charge is 0.353 e. The van der Waals surface area contributed by atoms with Gasteiger partial charge in [0.05, 0.1) is 24.1 Å². The number of likely N-dealkylation sites (N-methyl/N-ethyl adjacent to an activating group) is 1. The highest BCUT2D eigenvalue weighted by atomic mass is 32.2. The number of likely N-dealkylation sites (tertiary alicyclic amines) is 1. The number of carboxylic acids is 1. The Kier molecular flexibility index (Phi) is 7.15. The van der Waals surface area contributed by atoms with Gasteiger partial charge in [0.1, 0.15) is 5.70 Å². The van der Waals surface area contributed by atoms with Gasteiger partial charge in [-0.2, -0.15) is 0 Å². The van der Waals surface area contributed by atoms with Crippen molar-refractivity contribution in [2.45, 2.75) is 50.3 Å². The molecular formula is C24H28F3N3O5S. The number of aliphatic hydroxyl groups excluding tert-OH is 1. The van der Waals surface area contributed by atoms with E-state index in [1.165, 1.54) is 28.5 Å². The molecule has 8 nitrogen and oxygen atoms in total. The number of fused-ring (bicyclic) bond motifs is 1. The van der Waals surface area contributed by atoms with E-state index in [2.05, 4.69) is 0 Å². The van der Waals surface area contributed by atoms with Gasteiger partial charge in [-0.1, -0.05) is 6.92 Å². The second-order valence-corrected chi connectivity index (χ2v) is 11.1. The molecule has 0 spiro atoms. The van der Waals surface area contributed by atoms with Crippen molar-refractivity contribution in [3.8, 4) is 0 Å². The second kappa shape index (κ2) is 9.71. The minimum atomic E-state index is -1.56. The van der Waals surface area contributed by atoms with E-state index in [9.17, 15) is 37.8 Å². The van der Waals surface area contributed by atoms with Crippen molar-refractivity contribution in [3.63, 3.8) is 0 Å². The van der Waals surface area contributed by atoms with Crippen LogP contribution in [-0.4, -0.2) is 86.8 Å². The SMILES string of the molecule is C[C@@H](O)[C@H]1C(=O)N2C(C(=O)O)=C(S[C@H]3C[C@@H](C(=O)N(C)C)N(Cc4cc(F)c(F)c(F)c4)C3)[C@H](C)[C@H]12. The molecule has 3 aliphatic heterocycles. The van der Waals surface area contributed by atoms with E-state index >= 15 is 0 Å². The van der Waals surface area contributed by atoms with Gasteiger partial charge in [0.15, 0.2) is 17.5 Å². The van der Waals surface area contributed by atoms with E-state index in [1.807, 2.05) is 6.92 Å². The lowest BCUT2D eigenvalue weighted by Crippen LogP contribution is -2.63. The minimum absolute atomic E-state index is 0.00679. The summed E-state index contributed by atoms with van der Waals surface area (Å²) in [7, 11) is 3.18. The highest BCUT2D eigenvalue weighted by molar-refractivity contribution is 8.03. The first kappa shape index (κ1) is 26.5. The highest BCUT2D eigenvalue weighted by Gasteiger charge is 2.60. The quantitative estimate of drug-likeness (QED) is 0.413. The zero-order valence-corrected chi connectivity index (χ0v) is 21.1. The molecule has 1 aromatic rings. The predicted octanol–water partition coefficient (Wildman–Crippen LogP) is 2.02. The maximum atomic E-state index is 13.8. The fourth-order valence-electron chi connectivity index (χ4n) is 5.47. The summed E-state index contributed by atoms with van der Waals surface area (Å²) in [6.07, 6.45) is -0.573. The Balaban J connectivity index is 1.59. The van der Waals surface area contributed by atoms with Crippen LogP contribution >= 0.6 is 11.8 Å². The Labute approximate surface area is 210 Å². The van der Waals surface area contributed by atoms with Crippen molar-refractivity contribution in [2.75, 3.05) is 20.6 Å². The molecule has 12 heteroatoms. The molecule has 36 heavy (non-hydrogen) atoms. The number of amides is 2. The van der Waals surface area contributed by atoms with Crippen LogP contribution in [0, 0.1) is 29.3 Å². The number of aliphatic carboxylic acids is 1. The van der Waals surface area contributed by atoms with Crippen molar-refractivity contribution in [2.24, 2.45) is 11.8 Å². The molecule has 196 valence electrons. The van der Waals surface area contributed by atoms with Gasteiger partial charge in [-0.3, -0.25) is 14.5 Å². The Morgan fingerprint density at radius 1 is 1.22 bits per heavy atom. The average molecular weight is 528 g/mol. The van der Waals surface area contributed by atoms with Crippen LogP contribution in [0.5, 0.6) is 0 Å². The van der Waals surface area contributed by atoms with Gasteiger partial charge in [-0.25, -0.2) is 18.0 Å². The summed E-state index contributed by atoms with van der Waals surface area (Å²) >= 11 is 1.28. The molecule has 0 aromatic heterocycles. The molecule has 0 radical (unpaired) electrons.